The number of nitrogens with two attached hydrogens (primary N) is 1. The second-order valence-electron chi connectivity index (χ2n) is 3.86. The Labute approximate surface area is 88.4 Å². The van der Waals surface area contributed by atoms with E-state index < -0.39 is 0 Å². The smallest absolute Gasteiger partial charge is 0.0741 e. The number of hydrogen-bond donors (Lipinski definition) is 2. The van der Waals surface area contributed by atoms with Gasteiger partial charge in [0.25, 0.3) is 0 Å². The standard InChI is InChI=1S/C11H26N2O/c1-5-8-9(4)11(13-12)10(6-2)14-7-3/h9-11,13H,5-8,12H2,1-4H3. The van der Waals surface area contributed by atoms with E-state index in [1.807, 2.05) is 6.92 Å². The highest BCUT2D eigenvalue weighted by Gasteiger charge is 2.24. The number of hydrogen-bond acceptors (Lipinski definition) is 3. The van der Waals surface area contributed by atoms with Crippen LogP contribution in [0.3, 0.4) is 0 Å². The maximum absolute atomic E-state index is 5.67. The molecule has 3 nitrogen and oxygen atoms in total. The van der Waals surface area contributed by atoms with Crippen molar-refractivity contribution >= 4 is 0 Å². The fraction of sp³-hybridized carbons (Fsp3) is 1.00. The minimum atomic E-state index is 0.242. The average Bonchev–Trinajstić information content (AvgIpc) is 2.18. The predicted octanol–water partition coefficient (Wildman–Crippen LogP) is 2.07. The van der Waals surface area contributed by atoms with E-state index in [1.165, 1.54) is 12.8 Å². The van der Waals surface area contributed by atoms with Gasteiger partial charge in [0, 0.05) is 12.6 Å². The van der Waals surface area contributed by atoms with Gasteiger partial charge in [-0.25, -0.2) is 0 Å². The minimum Gasteiger partial charge on any atom is -0.377 e. The third-order valence-corrected chi connectivity index (χ3v) is 2.73. The van der Waals surface area contributed by atoms with Crippen LogP contribution < -0.4 is 11.3 Å². The molecule has 3 N–H and O–H groups in total. The van der Waals surface area contributed by atoms with Crippen LogP contribution in [0.1, 0.15) is 47.0 Å². The largest absolute Gasteiger partial charge is 0.377 e. The Kier molecular flexibility index (Phi) is 8.14. The van der Waals surface area contributed by atoms with E-state index in [2.05, 4.69) is 26.2 Å². The van der Waals surface area contributed by atoms with Crippen LogP contribution in [0.5, 0.6) is 0 Å². The Morgan fingerprint density at radius 2 is 1.93 bits per heavy atom. The monoisotopic (exact) mass is 202 g/mol. The molecule has 0 aromatic heterocycles. The van der Waals surface area contributed by atoms with Crippen LogP contribution in [0.2, 0.25) is 0 Å². The molecule has 0 heterocycles. The molecule has 0 aromatic carbocycles. The van der Waals surface area contributed by atoms with E-state index in [1.54, 1.807) is 0 Å². The van der Waals surface area contributed by atoms with Gasteiger partial charge in [0.2, 0.25) is 0 Å². The van der Waals surface area contributed by atoms with E-state index in [4.69, 9.17) is 10.6 Å². The number of nitrogens with one attached hydrogen (secondary N) is 1. The van der Waals surface area contributed by atoms with Crippen LogP contribution in [0, 0.1) is 5.92 Å². The molecule has 0 amide bonds. The van der Waals surface area contributed by atoms with Gasteiger partial charge >= 0.3 is 0 Å². The van der Waals surface area contributed by atoms with Crippen LogP contribution >= 0.6 is 0 Å². The van der Waals surface area contributed by atoms with Gasteiger partial charge in [-0.05, 0) is 25.7 Å². The Bertz CT molecular complexity index is 130. The second kappa shape index (κ2) is 8.21. The van der Waals surface area contributed by atoms with Crippen LogP contribution in [-0.2, 0) is 4.74 Å². The molecule has 0 bridgehead atoms. The van der Waals surface area contributed by atoms with Crippen molar-refractivity contribution in [3.05, 3.63) is 0 Å². The molecular formula is C11H26N2O. The fourth-order valence-electron chi connectivity index (χ4n) is 1.96. The molecule has 0 aliphatic carbocycles. The molecule has 3 unspecified atom stereocenters. The summed E-state index contributed by atoms with van der Waals surface area (Å²) in [4.78, 5) is 0. The first kappa shape index (κ1) is 13.9. The van der Waals surface area contributed by atoms with Crippen molar-refractivity contribution < 1.29 is 4.74 Å². The molecule has 3 atom stereocenters. The molecule has 0 radical (unpaired) electrons. The zero-order valence-corrected chi connectivity index (χ0v) is 10.0. The van der Waals surface area contributed by atoms with Gasteiger partial charge in [0.05, 0.1) is 6.10 Å². The highest BCUT2D eigenvalue weighted by atomic mass is 16.5. The molecule has 0 saturated carbocycles. The van der Waals surface area contributed by atoms with E-state index >= 15 is 0 Å². The molecular weight excluding hydrogens is 176 g/mol. The molecule has 0 fully saturated rings. The van der Waals surface area contributed by atoms with Gasteiger partial charge in [-0.15, -0.1) is 0 Å². The molecule has 0 rings (SSSR count). The van der Waals surface area contributed by atoms with Crippen molar-refractivity contribution in [2.75, 3.05) is 6.61 Å². The van der Waals surface area contributed by atoms with Crippen LogP contribution in [0.4, 0.5) is 0 Å². The summed E-state index contributed by atoms with van der Waals surface area (Å²) in [5, 5.41) is 0. The lowest BCUT2D eigenvalue weighted by Gasteiger charge is -2.30. The summed E-state index contributed by atoms with van der Waals surface area (Å²) in [5.74, 6) is 6.15. The molecule has 3 heteroatoms. The highest BCUT2D eigenvalue weighted by molar-refractivity contribution is 4.79. The quantitative estimate of drug-likeness (QED) is 0.468. The Hall–Kier alpha value is -0.120. The maximum Gasteiger partial charge on any atom is 0.0741 e. The van der Waals surface area contributed by atoms with Crippen molar-refractivity contribution in [1.29, 1.82) is 0 Å². The van der Waals surface area contributed by atoms with Crippen molar-refractivity contribution in [2.24, 2.45) is 11.8 Å². The first-order valence-electron chi connectivity index (χ1n) is 5.78. The summed E-state index contributed by atoms with van der Waals surface area (Å²) >= 11 is 0. The van der Waals surface area contributed by atoms with Crippen LogP contribution in [-0.4, -0.2) is 18.8 Å². The van der Waals surface area contributed by atoms with Gasteiger partial charge in [-0.3, -0.25) is 11.3 Å². The zero-order valence-electron chi connectivity index (χ0n) is 10.0. The van der Waals surface area contributed by atoms with Crippen LogP contribution in [0.15, 0.2) is 0 Å². The lowest BCUT2D eigenvalue weighted by atomic mass is 9.92. The summed E-state index contributed by atoms with van der Waals surface area (Å²) in [6.07, 6.45) is 3.64. The molecule has 86 valence electrons. The average molecular weight is 202 g/mol. The lowest BCUT2D eigenvalue weighted by Crippen LogP contribution is -2.49. The van der Waals surface area contributed by atoms with Gasteiger partial charge in [-0.2, -0.15) is 0 Å². The third kappa shape index (κ3) is 4.40. The van der Waals surface area contributed by atoms with Gasteiger partial charge < -0.3 is 4.74 Å². The summed E-state index contributed by atoms with van der Waals surface area (Å²) in [6, 6.07) is 0.278. The Morgan fingerprint density at radius 3 is 2.29 bits per heavy atom. The van der Waals surface area contributed by atoms with Gasteiger partial charge in [0.1, 0.15) is 0 Å². The third-order valence-electron chi connectivity index (χ3n) is 2.73. The maximum atomic E-state index is 5.67. The molecule has 0 aliphatic rings. The first-order valence-corrected chi connectivity index (χ1v) is 5.78. The molecule has 0 spiro atoms. The SMILES string of the molecule is CCCC(C)C(NN)C(CC)OCC. The van der Waals surface area contributed by atoms with Gasteiger partial charge in [0.15, 0.2) is 0 Å². The van der Waals surface area contributed by atoms with Crippen LogP contribution in [0.25, 0.3) is 0 Å². The first-order chi connectivity index (χ1) is 6.71. The number of rotatable bonds is 8. The Balaban J connectivity index is 4.18. The number of ether oxygens (including phenoxy) is 1. The summed E-state index contributed by atoms with van der Waals surface area (Å²) in [6.45, 7) is 9.36. The Morgan fingerprint density at radius 1 is 1.29 bits per heavy atom. The van der Waals surface area contributed by atoms with Crippen molar-refractivity contribution in [1.82, 2.24) is 5.43 Å². The molecule has 0 aromatic rings. The zero-order chi connectivity index (χ0) is 11.0. The van der Waals surface area contributed by atoms with Gasteiger partial charge in [-0.1, -0.05) is 27.2 Å². The highest BCUT2D eigenvalue weighted by Crippen LogP contribution is 2.17. The molecule has 0 saturated heterocycles. The van der Waals surface area contributed by atoms with Crippen molar-refractivity contribution in [3.8, 4) is 0 Å². The van der Waals surface area contributed by atoms with E-state index in [9.17, 15) is 0 Å². The normalized spacial score (nSPS) is 17.8. The topological polar surface area (TPSA) is 47.3 Å². The summed E-state index contributed by atoms with van der Waals surface area (Å²) in [5.41, 5.74) is 2.90. The summed E-state index contributed by atoms with van der Waals surface area (Å²) in [7, 11) is 0. The molecule has 14 heavy (non-hydrogen) atoms. The van der Waals surface area contributed by atoms with E-state index in [0.717, 1.165) is 13.0 Å². The predicted molar refractivity (Wildman–Crippen MR) is 60.9 cm³/mol. The lowest BCUT2D eigenvalue weighted by molar-refractivity contribution is 0.0161. The van der Waals surface area contributed by atoms with Crippen molar-refractivity contribution in [2.45, 2.75) is 59.1 Å². The summed E-state index contributed by atoms with van der Waals surface area (Å²) < 4.78 is 5.67. The second-order valence-corrected chi connectivity index (χ2v) is 3.86. The van der Waals surface area contributed by atoms with Crippen molar-refractivity contribution in [3.63, 3.8) is 0 Å². The van der Waals surface area contributed by atoms with E-state index in [0.29, 0.717) is 5.92 Å². The molecule has 0 aliphatic heterocycles. The number of hydrazine groups is 1. The fourth-order valence-corrected chi connectivity index (χ4v) is 1.96. The van der Waals surface area contributed by atoms with E-state index in [-0.39, 0.29) is 12.1 Å². The minimum absolute atomic E-state index is 0.242.